The standard InChI is InChI=1S/C16H17N5O2S/c1-8(22)7-17-16-19-15-12(9(2)10(3)24-15)14-18-13(20-21(14)16)11-5-4-6-23-11/h4-6,8,22H,7H2,1-3H3,(H,17,19)/t8-/m1/s1. The van der Waals surface area contributed by atoms with E-state index in [2.05, 4.69) is 34.2 Å². The highest BCUT2D eigenvalue weighted by atomic mass is 32.1. The number of hydrogen-bond donors (Lipinski definition) is 2. The van der Waals surface area contributed by atoms with E-state index in [1.165, 1.54) is 4.88 Å². The van der Waals surface area contributed by atoms with Crippen LogP contribution in [0, 0.1) is 13.8 Å². The summed E-state index contributed by atoms with van der Waals surface area (Å²) < 4.78 is 7.10. The number of aromatic nitrogens is 4. The summed E-state index contributed by atoms with van der Waals surface area (Å²) in [4.78, 5) is 11.5. The van der Waals surface area contributed by atoms with Gasteiger partial charge in [0, 0.05) is 11.4 Å². The van der Waals surface area contributed by atoms with Crippen LogP contribution in [0.1, 0.15) is 17.4 Å². The first kappa shape index (κ1) is 15.1. The van der Waals surface area contributed by atoms with Gasteiger partial charge in [-0.25, -0.2) is 9.97 Å². The Labute approximate surface area is 142 Å². The fourth-order valence-electron chi connectivity index (χ4n) is 2.58. The largest absolute Gasteiger partial charge is 0.461 e. The minimum absolute atomic E-state index is 0.382. The van der Waals surface area contributed by atoms with Gasteiger partial charge < -0.3 is 14.8 Å². The Morgan fingerprint density at radius 2 is 2.21 bits per heavy atom. The predicted molar refractivity (Wildman–Crippen MR) is 93.5 cm³/mol. The SMILES string of the molecule is Cc1sc2nc(NC[C@@H](C)O)n3nc(-c4ccco4)nc3c2c1C. The third-order valence-corrected chi connectivity index (χ3v) is 5.00. The van der Waals surface area contributed by atoms with Crippen molar-refractivity contribution in [1.82, 2.24) is 19.6 Å². The number of fused-ring (bicyclic) bond motifs is 3. The van der Waals surface area contributed by atoms with Gasteiger partial charge in [0.05, 0.1) is 17.8 Å². The summed E-state index contributed by atoms with van der Waals surface area (Å²) in [6.07, 6.45) is 1.11. The third kappa shape index (κ3) is 2.35. The molecule has 4 rings (SSSR count). The highest BCUT2D eigenvalue weighted by Crippen LogP contribution is 2.33. The zero-order valence-corrected chi connectivity index (χ0v) is 14.4. The fraction of sp³-hybridized carbons (Fsp3) is 0.312. The maximum atomic E-state index is 9.55. The highest BCUT2D eigenvalue weighted by molar-refractivity contribution is 7.18. The van der Waals surface area contributed by atoms with Gasteiger partial charge in [-0.1, -0.05) is 0 Å². The van der Waals surface area contributed by atoms with Gasteiger partial charge in [0.25, 0.3) is 0 Å². The Morgan fingerprint density at radius 1 is 1.38 bits per heavy atom. The molecule has 0 saturated heterocycles. The Balaban J connectivity index is 1.99. The summed E-state index contributed by atoms with van der Waals surface area (Å²) in [6.45, 7) is 6.25. The molecule has 0 fully saturated rings. The maximum absolute atomic E-state index is 9.55. The molecule has 1 atom stereocenters. The van der Waals surface area contributed by atoms with Crippen LogP contribution >= 0.6 is 11.3 Å². The first-order valence-electron chi connectivity index (χ1n) is 7.67. The summed E-state index contributed by atoms with van der Waals surface area (Å²) in [6, 6.07) is 3.63. The van der Waals surface area contributed by atoms with E-state index < -0.39 is 6.10 Å². The normalized spacial score (nSPS) is 13.0. The molecule has 0 aliphatic rings. The van der Waals surface area contributed by atoms with Crippen LogP contribution in [-0.4, -0.2) is 37.3 Å². The molecular formula is C16H17N5O2S. The molecule has 4 heterocycles. The van der Waals surface area contributed by atoms with E-state index >= 15 is 0 Å². The van der Waals surface area contributed by atoms with Crippen LogP contribution in [0.4, 0.5) is 5.95 Å². The van der Waals surface area contributed by atoms with Gasteiger partial charge in [0.2, 0.25) is 11.8 Å². The molecular weight excluding hydrogens is 326 g/mol. The van der Waals surface area contributed by atoms with Crippen molar-refractivity contribution in [2.45, 2.75) is 26.9 Å². The second-order valence-corrected chi connectivity index (χ2v) is 6.98. The Bertz CT molecular complexity index is 1020. The van der Waals surface area contributed by atoms with Gasteiger partial charge in [0.15, 0.2) is 11.4 Å². The molecule has 2 N–H and O–H groups in total. The quantitative estimate of drug-likeness (QED) is 0.592. The number of thiophene rings is 1. The Morgan fingerprint density at radius 3 is 2.92 bits per heavy atom. The van der Waals surface area contributed by atoms with E-state index in [0.717, 1.165) is 21.4 Å². The van der Waals surface area contributed by atoms with E-state index in [-0.39, 0.29) is 0 Å². The third-order valence-electron chi connectivity index (χ3n) is 3.90. The molecule has 0 radical (unpaired) electrons. The number of furan rings is 1. The number of aliphatic hydroxyl groups excluding tert-OH is 1. The Hall–Kier alpha value is -2.45. The van der Waals surface area contributed by atoms with Crippen LogP contribution in [0.25, 0.3) is 27.4 Å². The summed E-state index contributed by atoms with van der Waals surface area (Å²) in [5.41, 5.74) is 1.90. The number of rotatable bonds is 4. The number of aliphatic hydroxyl groups is 1. The zero-order chi connectivity index (χ0) is 16.8. The van der Waals surface area contributed by atoms with Gasteiger partial charge in [-0.3, -0.25) is 0 Å². The number of aryl methyl sites for hydroxylation is 2. The van der Waals surface area contributed by atoms with Crippen molar-refractivity contribution in [2.75, 3.05) is 11.9 Å². The van der Waals surface area contributed by atoms with Gasteiger partial charge in [0.1, 0.15) is 4.83 Å². The number of nitrogens with zero attached hydrogens (tertiary/aromatic N) is 4. The van der Waals surface area contributed by atoms with Crippen LogP contribution in [-0.2, 0) is 0 Å². The molecule has 0 unspecified atom stereocenters. The molecule has 4 aromatic rings. The minimum atomic E-state index is -0.488. The lowest BCUT2D eigenvalue weighted by molar-refractivity contribution is 0.208. The van der Waals surface area contributed by atoms with Crippen molar-refractivity contribution < 1.29 is 9.52 Å². The summed E-state index contributed by atoms with van der Waals surface area (Å²) in [5, 5.41) is 18.2. The van der Waals surface area contributed by atoms with Gasteiger partial charge in [-0.05, 0) is 38.5 Å². The Kier molecular flexibility index (Phi) is 3.50. The first-order valence-corrected chi connectivity index (χ1v) is 8.48. The molecule has 0 saturated carbocycles. The highest BCUT2D eigenvalue weighted by Gasteiger charge is 2.19. The van der Waals surface area contributed by atoms with Crippen LogP contribution in [0.3, 0.4) is 0 Å². The van der Waals surface area contributed by atoms with E-state index in [9.17, 15) is 5.11 Å². The van der Waals surface area contributed by atoms with Crippen LogP contribution in [0.2, 0.25) is 0 Å². The van der Waals surface area contributed by atoms with Crippen molar-refractivity contribution in [1.29, 1.82) is 0 Å². The average Bonchev–Trinajstić information content (AvgIpc) is 3.24. The molecule has 0 spiro atoms. The summed E-state index contributed by atoms with van der Waals surface area (Å²) in [7, 11) is 0. The maximum Gasteiger partial charge on any atom is 0.227 e. The van der Waals surface area contributed by atoms with Crippen molar-refractivity contribution in [3.05, 3.63) is 28.8 Å². The molecule has 124 valence electrons. The lowest BCUT2D eigenvalue weighted by Gasteiger charge is -2.09. The van der Waals surface area contributed by atoms with Gasteiger partial charge >= 0.3 is 0 Å². The molecule has 24 heavy (non-hydrogen) atoms. The van der Waals surface area contributed by atoms with Gasteiger partial charge in [-0.2, -0.15) is 4.52 Å². The smallest absolute Gasteiger partial charge is 0.227 e. The van der Waals surface area contributed by atoms with Crippen molar-refractivity contribution in [3.8, 4) is 11.6 Å². The lowest BCUT2D eigenvalue weighted by Crippen LogP contribution is -2.18. The van der Waals surface area contributed by atoms with Crippen LogP contribution in [0.5, 0.6) is 0 Å². The van der Waals surface area contributed by atoms with E-state index in [0.29, 0.717) is 24.1 Å². The van der Waals surface area contributed by atoms with Crippen molar-refractivity contribution in [3.63, 3.8) is 0 Å². The molecule has 0 aromatic carbocycles. The van der Waals surface area contributed by atoms with Gasteiger partial charge in [-0.15, -0.1) is 16.4 Å². The van der Waals surface area contributed by atoms with Crippen LogP contribution < -0.4 is 5.32 Å². The minimum Gasteiger partial charge on any atom is -0.461 e. The molecule has 0 amide bonds. The molecule has 4 aromatic heterocycles. The predicted octanol–water partition coefficient (Wildman–Crippen LogP) is 3.01. The first-order chi connectivity index (χ1) is 11.5. The average molecular weight is 343 g/mol. The van der Waals surface area contributed by atoms with E-state index in [4.69, 9.17) is 4.42 Å². The van der Waals surface area contributed by atoms with Crippen molar-refractivity contribution in [2.24, 2.45) is 0 Å². The summed E-state index contributed by atoms with van der Waals surface area (Å²) in [5.74, 6) is 1.68. The zero-order valence-electron chi connectivity index (χ0n) is 13.6. The molecule has 0 bridgehead atoms. The van der Waals surface area contributed by atoms with E-state index in [1.54, 1.807) is 29.0 Å². The number of anilines is 1. The number of hydrogen-bond acceptors (Lipinski definition) is 7. The lowest BCUT2D eigenvalue weighted by atomic mass is 10.2. The molecule has 0 aliphatic carbocycles. The van der Waals surface area contributed by atoms with Crippen LogP contribution in [0.15, 0.2) is 22.8 Å². The summed E-state index contributed by atoms with van der Waals surface area (Å²) >= 11 is 1.63. The molecule has 7 nitrogen and oxygen atoms in total. The monoisotopic (exact) mass is 343 g/mol. The molecule has 8 heteroatoms. The second-order valence-electron chi connectivity index (χ2n) is 5.78. The van der Waals surface area contributed by atoms with Crippen molar-refractivity contribution >= 4 is 33.1 Å². The molecule has 0 aliphatic heterocycles. The fourth-order valence-corrected chi connectivity index (χ4v) is 3.60. The van der Waals surface area contributed by atoms with E-state index in [1.807, 2.05) is 12.1 Å². The number of nitrogens with one attached hydrogen (secondary N) is 1. The second kappa shape index (κ2) is 5.57. The topological polar surface area (TPSA) is 88.5 Å².